The summed E-state index contributed by atoms with van der Waals surface area (Å²) in [5.41, 5.74) is 3.97. The Morgan fingerprint density at radius 1 is 1.06 bits per heavy atom. The largest absolute Gasteiger partial charge is 0.462 e. The van der Waals surface area contributed by atoms with Gasteiger partial charge in [-0.1, -0.05) is 30.3 Å². The van der Waals surface area contributed by atoms with Crippen LogP contribution >= 0.6 is 11.8 Å². The summed E-state index contributed by atoms with van der Waals surface area (Å²) in [4.78, 5) is 28.1. The molecule has 1 unspecified atom stereocenters. The van der Waals surface area contributed by atoms with Gasteiger partial charge in [-0.15, -0.1) is 11.8 Å². The topological polar surface area (TPSA) is 104 Å². The van der Waals surface area contributed by atoms with Crippen molar-refractivity contribution >= 4 is 47.0 Å². The maximum atomic E-state index is 12.7. The minimum absolute atomic E-state index is 0.257. The van der Waals surface area contributed by atoms with Gasteiger partial charge in [0.15, 0.2) is 0 Å². The van der Waals surface area contributed by atoms with Crippen molar-refractivity contribution in [2.75, 3.05) is 28.8 Å². The summed E-state index contributed by atoms with van der Waals surface area (Å²) in [5, 5.41) is 12.1. The molecule has 3 rings (SSSR count). The lowest BCUT2D eigenvalue weighted by atomic mass is 10.1. The molecule has 4 N–H and O–H groups in total. The zero-order valence-electron chi connectivity index (χ0n) is 18.5. The van der Waals surface area contributed by atoms with Gasteiger partial charge in [-0.3, -0.25) is 0 Å². The molecular formula is C23H27N5O3S. The van der Waals surface area contributed by atoms with Crippen LogP contribution in [0.4, 0.5) is 21.9 Å². The number of benzene rings is 2. The first kappa shape index (κ1) is 23.2. The highest BCUT2D eigenvalue weighted by Crippen LogP contribution is 2.29. The standard InChI is InChI=1S/C23H27N5O3S/c1-5-31-21(29)23(32-4)24-14-13-19(28-23)25-17-11-6-7-12-18(17)26-22(30)27-20-15(2)9-8-10-16(20)3/h6-14,25,28H,5H2,1-4H3,(H2,26,27,30). The number of carbonyl (C=O) groups is 2. The molecule has 0 radical (unpaired) electrons. The van der Waals surface area contributed by atoms with Crippen molar-refractivity contribution in [1.29, 1.82) is 0 Å². The number of anilines is 3. The third-order valence-corrected chi connectivity index (χ3v) is 5.78. The molecule has 0 bridgehead atoms. The number of ether oxygens (including phenoxy) is 1. The van der Waals surface area contributed by atoms with Crippen molar-refractivity contribution < 1.29 is 14.3 Å². The molecule has 0 spiro atoms. The third kappa shape index (κ3) is 5.23. The summed E-state index contributed by atoms with van der Waals surface area (Å²) in [7, 11) is 0. The first-order chi connectivity index (χ1) is 15.4. The molecule has 0 fully saturated rings. The van der Waals surface area contributed by atoms with Crippen LogP contribution in [-0.4, -0.2) is 36.1 Å². The molecule has 0 aliphatic carbocycles. The van der Waals surface area contributed by atoms with E-state index in [1.807, 2.05) is 50.2 Å². The molecular weight excluding hydrogens is 426 g/mol. The average molecular weight is 454 g/mol. The van der Waals surface area contributed by atoms with E-state index in [1.54, 1.807) is 31.5 Å². The van der Waals surface area contributed by atoms with Crippen LogP contribution in [0.2, 0.25) is 0 Å². The van der Waals surface area contributed by atoms with Gasteiger partial charge in [0, 0.05) is 11.9 Å². The van der Waals surface area contributed by atoms with Gasteiger partial charge >= 0.3 is 12.0 Å². The van der Waals surface area contributed by atoms with Crippen LogP contribution in [0.3, 0.4) is 0 Å². The minimum Gasteiger partial charge on any atom is -0.462 e. The van der Waals surface area contributed by atoms with Gasteiger partial charge in [-0.25, -0.2) is 14.6 Å². The summed E-state index contributed by atoms with van der Waals surface area (Å²) in [5.74, 6) is 0.0716. The lowest BCUT2D eigenvalue weighted by Crippen LogP contribution is -2.50. The van der Waals surface area contributed by atoms with E-state index >= 15 is 0 Å². The Morgan fingerprint density at radius 2 is 1.75 bits per heavy atom. The molecule has 0 aromatic heterocycles. The van der Waals surface area contributed by atoms with E-state index < -0.39 is 11.0 Å². The maximum Gasteiger partial charge on any atom is 0.366 e. The van der Waals surface area contributed by atoms with E-state index in [0.717, 1.165) is 16.8 Å². The number of hydrogen-bond donors (Lipinski definition) is 4. The van der Waals surface area contributed by atoms with Gasteiger partial charge < -0.3 is 26.0 Å². The monoisotopic (exact) mass is 453 g/mol. The van der Waals surface area contributed by atoms with E-state index in [9.17, 15) is 9.59 Å². The zero-order valence-corrected chi connectivity index (χ0v) is 19.3. The molecule has 2 amide bonds. The predicted molar refractivity (Wildman–Crippen MR) is 131 cm³/mol. The van der Waals surface area contributed by atoms with Gasteiger partial charge in [0.25, 0.3) is 4.99 Å². The number of amides is 2. The second kappa shape index (κ2) is 10.2. The van der Waals surface area contributed by atoms with Crippen LogP contribution in [-0.2, 0) is 9.53 Å². The predicted octanol–water partition coefficient (Wildman–Crippen LogP) is 4.45. The summed E-state index contributed by atoms with van der Waals surface area (Å²) in [6.07, 6.45) is 5.04. The molecule has 8 nitrogen and oxygen atoms in total. The number of aryl methyl sites for hydroxylation is 2. The fraction of sp³-hybridized carbons (Fsp3) is 0.261. The van der Waals surface area contributed by atoms with Crippen LogP contribution in [0.1, 0.15) is 18.1 Å². The Balaban J connectivity index is 1.74. The molecule has 168 valence electrons. The number of rotatable bonds is 7. The number of thioether (sulfide) groups is 1. The fourth-order valence-corrected chi connectivity index (χ4v) is 3.79. The SMILES string of the molecule is CCOC(=O)C1(SC)N=CC=C(Nc2ccccc2NC(=O)Nc2c(C)cccc2C)N1. The van der Waals surface area contributed by atoms with E-state index in [1.165, 1.54) is 11.8 Å². The van der Waals surface area contributed by atoms with E-state index in [0.29, 0.717) is 17.2 Å². The van der Waals surface area contributed by atoms with Crippen molar-refractivity contribution in [3.05, 3.63) is 65.5 Å². The van der Waals surface area contributed by atoms with Crippen LogP contribution < -0.4 is 21.3 Å². The maximum absolute atomic E-state index is 12.7. The smallest absolute Gasteiger partial charge is 0.366 e. The van der Waals surface area contributed by atoms with Crippen molar-refractivity contribution in [2.24, 2.45) is 4.99 Å². The highest BCUT2D eigenvalue weighted by molar-refractivity contribution is 8.00. The van der Waals surface area contributed by atoms with Gasteiger partial charge in [0.05, 0.1) is 18.0 Å². The number of aliphatic imine (C=N–C) groups is 1. The summed E-state index contributed by atoms with van der Waals surface area (Å²) >= 11 is 1.23. The van der Waals surface area contributed by atoms with Gasteiger partial charge in [0.2, 0.25) is 0 Å². The molecule has 32 heavy (non-hydrogen) atoms. The minimum atomic E-state index is -1.27. The summed E-state index contributed by atoms with van der Waals surface area (Å²) < 4.78 is 5.17. The molecule has 1 heterocycles. The van der Waals surface area contributed by atoms with E-state index in [4.69, 9.17) is 4.74 Å². The highest BCUT2D eigenvalue weighted by atomic mass is 32.2. The van der Waals surface area contributed by atoms with E-state index in [2.05, 4.69) is 26.3 Å². The lowest BCUT2D eigenvalue weighted by molar-refractivity contribution is -0.146. The van der Waals surface area contributed by atoms with Gasteiger partial charge in [-0.05, 0) is 56.4 Å². The second-order valence-electron chi connectivity index (χ2n) is 7.07. The van der Waals surface area contributed by atoms with Gasteiger partial charge in [0.1, 0.15) is 5.82 Å². The number of nitrogens with zero attached hydrogens (tertiary/aromatic N) is 1. The van der Waals surface area contributed by atoms with Crippen LogP contribution in [0.15, 0.2) is 59.4 Å². The summed E-state index contributed by atoms with van der Waals surface area (Å²) in [6, 6.07) is 12.8. The Labute approximate surface area is 191 Å². The Morgan fingerprint density at radius 3 is 2.41 bits per heavy atom. The Kier molecular flexibility index (Phi) is 7.42. The molecule has 1 aliphatic rings. The van der Waals surface area contributed by atoms with Crippen LogP contribution in [0.5, 0.6) is 0 Å². The molecule has 0 saturated carbocycles. The van der Waals surface area contributed by atoms with Gasteiger partial charge in [-0.2, -0.15) is 0 Å². The Hall–Kier alpha value is -3.46. The van der Waals surface area contributed by atoms with Crippen LogP contribution in [0, 0.1) is 13.8 Å². The van der Waals surface area contributed by atoms with E-state index in [-0.39, 0.29) is 12.6 Å². The third-order valence-electron chi connectivity index (χ3n) is 4.81. The molecule has 2 aromatic rings. The quantitative estimate of drug-likeness (QED) is 0.462. The number of allylic oxidation sites excluding steroid dienone is 1. The van der Waals surface area contributed by atoms with Crippen molar-refractivity contribution in [3.63, 3.8) is 0 Å². The number of nitrogens with one attached hydrogen (secondary N) is 4. The summed E-state index contributed by atoms with van der Waals surface area (Å²) in [6.45, 7) is 5.90. The molecule has 0 saturated heterocycles. The highest BCUT2D eigenvalue weighted by Gasteiger charge is 2.40. The number of urea groups is 1. The number of esters is 1. The second-order valence-corrected chi connectivity index (χ2v) is 8.07. The molecule has 1 atom stereocenters. The number of para-hydroxylation sites is 3. The van der Waals surface area contributed by atoms with Crippen molar-refractivity contribution in [2.45, 2.75) is 25.8 Å². The molecule has 2 aromatic carbocycles. The number of hydrogen-bond acceptors (Lipinski definition) is 7. The van der Waals surface area contributed by atoms with Crippen molar-refractivity contribution in [3.8, 4) is 0 Å². The molecule has 1 aliphatic heterocycles. The fourth-order valence-electron chi connectivity index (χ4n) is 3.19. The average Bonchev–Trinajstić information content (AvgIpc) is 2.78. The van der Waals surface area contributed by atoms with Crippen molar-refractivity contribution in [1.82, 2.24) is 5.32 Å². The normalized spacial score (nSPS) is 17.1. The number of carbonyl (C=O) groups excluding carboxylic acids is 2. The lowest BCUT2D eigenvalue weighted by Gasteiger charge is -2.31. The Bertz CT molecular complexity index is 1050. The first-order valence-electron chi connectivity index (χ1n) is 10.1. The van der Waals surface area contributed by atoms with Crippen LogP contribution in [0.25, 0.3) is 0 Å². The first-order valence-corrected chi connectivity index (χ1v) is 11.4. The molecule has 9 heteroatoms. The zero-order chi connectivity index (χ0) is 23.1.